The molecule has 2 aromatic rings. The summed E-state index contributed by atoms with van der Waals surface area (Å²) < 4.78 is 0. The molecule has 3 N–H and O–H groups in total. The molecule has 0 aliphatic heterocycles. The van der Waals surface area contributed by atoms with Gasteiger partial charge in [0.05, 0.1) is 5.25 Å². The van der Waals surface area contributed by atoms with Gasteiger partial charge in [-0.1, -0.05) is 11.8 Å². The van der Waals surface area contributed by atoms with Gasteiger partial charge >= 0.3 is 6.03 Å². The van der Waals surface area contributed by atoms with Crippen LogP contribution in [-0.2, 0) is 4.79 Å². The molecule has 0 saturated heterocycles. The SMILES string of the molecule is Cc1nc(S[C@@H](C)C(=O)NC(N)=O)c2c(C)c(C)sc2n1. The number of carbonyl (C=O) groups excluding carboxylic acids is 2. The first kappa shape index (κ1) is 15.7. The fourth-order valence-electron chi connectivity index (χ4n) is 1.84. The van der Waals surface area contributed by atoms with E-state index in [0.717, 1.165) is 20.8 Å². The van der Waals surface area contributed by atoms with Crippen molar-refractivity contribution in [2.24, 2.45) is 5.73 Å². The number of aryl methyl sites for hydroxylation is 3. The van der Waals surface area contributed by atoms with Gasteiger partial charge in [0.1, 0.15) is 15.7 Å². The molecule has 0 unspecified atom stereocenters. The maximum atomic E-state index is 11.8. The number of nitrogens with two attached hydrogens (primary N) is 1. The minimum Gasteiger partial charge on any atom is -0.351 e. The third-order valence-corrected chi connectivity index (χ3v) is 5.20. The van der Waals surface area contributed by atoms with Gasteiger partial charge < -0.3 is 5.73 Å². The van der Waals surface area contributed by atoms with E-state index in [-0.39, 0.29) is 0 Å². The average Bonchev–Trinajstić information content (AvgIpc) is 2.63. The maximum absolute atomic E-state index is 11.8. The highest BCUT2D eigenvalue weighted by molar-refractivity contribution is 8.00. The van der Waals surface area contributed by atoms with Crippen molar-refractivity contribution < 1.29 is 9.59 Å². The van der Waals surface area contributed by atoms with Crippen molar-refractivity contribution in [3.63, 3.8) is 0 Å². The molecule has 0 radical (unpaired) electrons. The van der Waals surface area contributed by atoms with Crippen LogP contribution in [0.25, 0.3) is 10.2 Å². The van der Waals surface area contributed by atoms with Crippen molar-refractivity contribution in [2.45, 2.75) is 38.0 Å². The predicted molar refractivity (Wildman–Crippen MR) is 84.7 cm³/mol. The molecule has 3 amide bonds. The van der Waals surface area contributed by atoms with E-state index in [1.165, 1.54) is 16.6 Å². The van der Waals surface area contributed by atoms with Crippen LogP contribution in [0.5, 0.6) is 0 Å². The zero-order chi connectivity index (χ0) is 15.7. The Labute approximate surface area is 130 Å². The van der Waals surface area contributed by atoms with E-state index in [9.17, 15) is 9.59 Å². The monoisotopic (exact) mass is 324 g/mol. The molecule has 2 aromatic heterocycles. The number of primary amides is 1. The topological polar surface area (TPSA) is 98.0 Å². The zero-order valence-corrected chi connectivity index (χ0v) is 13.8. The number of hydrogen-bond donors (Lipinski definition) is 2. The lowest BCUT2D eigenvalue weighted by Crippen LogP contribution is -2.39. The standard InChI is InChI=1S/C13H16N4O2S2/c1-5-6(2)20-11-9(5)12(16-8(4)15-11)21-7(3)10(18)17-13(14)19/h7H,1-4H3,(H3,14,17,18,19)/t7-/m0/s1. The van der Waals surface area contributed by atoms with Crippen LogP contribution in [0.3, 0.4) is 0 Å². The Kier molecular flexibility index (Phi) is 4.48. The number of aromatic nitrogens is 2. The number of thioether (sulfide) groups is 1. The van der Waals surface area contributed by atoms with Gasteiger partial charge in [0.25, 0.3) is 0 Å². The summed E-state index contributed by atoms with van der Waals surface area (Å²) in [5.74, 6) is 0.232. The Morgan fingerprint density at radius 2 is 1.95 bits per heavy atom. The summed E-state index contributed by atoms with van der Waals surface area (Å²) >= 11 is 2.91. The molecule has 112 valence electrons. The molecule has 0 aliphatic rings. The quantitative estimate of drug-likeness (QED) is 0.667. The van der Waals surface area contributed by atoms with Crippen molar-refractivity contribution in [1.29, 1.82) is 0 Å². The van der Waals surface area contributed by atoms with E-state index in [1.54, 1.807) is 18.3 Å². The number of fused-ring (bicyclic) bond motifs is 1. The number of rotatable bonds is 3. The average molecular weight is 324 g/mol. The highest BCUT2D eigenvalue weighted by atomic mass is 32.2. The smallest absolute Gasteiger partial charge is 0.318 e. The molecule has 1 atom stereocenters. The maximum Gasteiger partial charge on any atom is 0.318 e. The van der Waals surface area contributed by atoms with Gasteiger partial charge in [-0.2, -0.15) is 0 Å². The van der Waals surface area contributed by atoms with Crippen LogP contribution in [0.4, 0.5) is 4.79 Å². The number of nitrogens with one attached hydrogen (secondary N) is 1. The molecule has 2 heterocycles. The van der Waals surface area contributed by atoms with Crippen LogP contribution in [-0.4, -0.2) is 27.2 Å². The zero-order valence-electron chi connectivity index (χ0n) is 12.2. The lowest BCUT2D eigenvalue weighted by Gasteiger charge is -2.11. The lowest BCUT2D eigenvalue weighted by atomic mass is 10.2. The van der Waals surface area contributed by atoms with Crippen LogP contribution in [0, 0.1) is 20.8 Å². The van der Waals surface area contributed by atoms with E-state index in [0.29, 0.717) is 5.82 Å². The number of nitrogens with zero attached hydrogens (tertiary/aromatic N) is 2. The van der Waals surface area contributed by atoms with Gasteiger partial charge in [0.15, 0.2) is 0 Å². The van der Waals surface area contributed by atoms with Crippen LogP contribution in [0.2, 0.25) is 0 Å². The second-order valence-electron chi connectivity index (χ2n) is 4.65. The van der Waals surface area contributed by atoms with E-state index >= 15 is 0 Å². The van der Waals surface area contributed by atoms with Gasteiger partial charge in [-0.3, -0.25) is 10.1 Å². The van der Waals surface area contributed by atoms with E-state index < -0.39 is 17.2 Å². The third kappa shape index (κ3) is 3.33. The molecule has 0 aromatic carbocycles. The summed E-state index contributed by atoms with van der Waals surface area (Å²) in [6.07, 6.45) is 0. The second kappa shape index (κ2) is 5.98. The Bertz CT molecular complexity index is 727. The molecule has 0 aliphatic carbocycles. The summed E-state index contributed by atoms with van der Waals surface area (Å²) in [5.41, 5.74) is 6.09. The van der Waals surface area contributed by atoms with Gasteiger partial charge in [0, 0.05) is 10.3 Å². The first-order valence-electron chi connectivity index (χ1n) is 6.31. The minimum atomic E-state index is -0.848. The predicted octanol–water partition coefficient (Wildman–Crippen LogP) is 2.29. The van der Waals surface area contributed by atoms with Crippen molar-refractivity contribution >= 4 is 45.3 Å². The van der Waals surface area contributed by atoms with E-state index in [2.05, 4.69) is 15.3 Å². The molecule has 6 nitrogen and oxygen atoms in total. The first-order valence-corrected chi connectivity index (χ1v) is 8.00. The molecular weight excluding hydrogens is 308 g/mol. The first-order chi connectivity index (χ1) is 9.79. The molecule has 0 fully saturated rings. The van der Waals surface area contributed by atoms with Crippen molar-refractivity contribution in [2.75, 3.05) is 0 Å². The van der Waals surface area contributed by atoms with Crippen molar-refractivity contribution in [3.8, 4) is 0 Å². The van der Waals surface area contributed by atoms with Gasteiger partial charge in [0.2, 0.25) is 5.91 Å². The number of thiophene rings is 1. The summed E-state index contributed by atoms with van der Waals surface area (Å²) in [6.45, 7) is 7.59. The van der Waals surface area contributed by atoms with Gasteiger partial charge in [-0.15, -0.1) is 11.3 Å². The highest BCUT2D eigenvalue weighted by Crippen LogP contribution is 2.36. The van der Waals surface area contributed by atoms with Crippen molar-refractivity contribution in [1.82, 2.24) is 15.3 Å². The number of imide groups is 1. The number of carbonyl (C=O) groups is 2. The summed E-state index contributed by atoms with van der Waals surface area (Å²) in [4.78, 5) is 33.5. The molecule has 8 heteroatoms. The Balaban J connectivity index is 2.37. The molecular formula is C13H16N4O2S2. The molecule has 0 saturated carbocycles. The molecule has 0 bridgehead atoms. The van der Waals surface area contributed by atoms with E-state index in [1.807, 2.05) is 20.8 Å². The summed E-state index contributed by atoms with van der Waals surface area (Å²) in [7, 11) is 0. The fraction of sp³-hybridized carbons (Fsp3) is 0.385. The van der Waals surface area contributed by atoms with Crippen LogP contribution < -0.4 is 11.1 Å². The van der Waals surface area contributed by atoms with E-state index in [4.69, 9.17) is 5.73 Å². The normalized spacial score (nSPS) is 12.4. The van der Waals surface area contributed by atoms with Crippen LogP contribution in [0.15, 0.2) is 5.03 Å². The fourth-order valence-corrected chi connectivity index (χ4v) is 4.04. The largest absolute Gasteiger partial charge is 0.351 e. The lowest BCUT2D eigenvalue weighted by molar-refractivity contribution is -0.119. The van der Waals surface area contributed by atoms with Crippen molar-refractivity contribution in [3.05, 3.63) is 16.3 Å². The van der Waals surface area contributed by atoms with Crippen LogP contribution in [0.1, 0.15) is 23.2 Å². The Hall–Kier alpha value is -1.67. The van der Waals surface area contributed by atoms with Gasteiger partial charge in [-0.25, -0.2) is 14.8 Å². The highest BCUT2D eigenvalue weighted by Gasteiger charge is 2.20. The number of amides is 3. The Morgan fingerprint density at radius 1 is 1.29 bits per heavy atom. The summed E-state index contributed by atoms with van der Waals surface area (Å²) in [5, 5.41) is 3.34. The minimum absolute atomic E-state index is 0.429. The van der Waals surface area contributed by atoms with Gasteiger partial charge in [-0.05, 0) is 33.3 Å². The molecule has 2 rings (SSSR count). The van der Waals surface area contributed by atoms with Crippen LogP contribution >= 0.6 is 23.1 Å². The molecule has 21 heavy (non-hydrogen) atoms. The Morgan fingerprint density at radius 3 is 2.57 bits per heavy atom. The number of urea groups is 1. The molecule has 0 spiro atoms. The second-order valence-corrected chi connectivity index (χ2v) is 7.19. The third-order valence-electron chi connectivity index (χ3n) is 3.01. The number of hydrogen-bond acceptors (Lipinski definition) is 6. The summed E-state index contributed by atoms with van der Waals surface area (Å²) in [6, 6.07) is -0.848.